The number of rotatable bonds is 8. The van der Waals surface area contributed by atoms with Gasteiger partial charge in [-0.15, -0.1) is 0 Å². The Balaban J connectivity index is 1.57. The first kappa shape index (κ1) is 21.1. The van der Waals surface area contributed by atoms with Crippen molar-refractivity contribution in [2.24, 2.45) is 0 Å². The molecular formula is C21H26N2O5S. The van der Waals surface area contributed by atoms with E-state index in [-0.39, 0.29) is 23.5 Å². The molecule has 0 bridgehead atoms. The maximum absolute atomic E-state index is 12.6. The number of hydrogen-bond donors (Lipinski definition) is 2. The molecule has 1 atom stereocenters. The van der Waals surface area contributed by atoms with E-state index in [1.807, 2.05) is 19.1 Å². The summed E-state index contributed by atoms with van der Waals surface area (Å²) in [7, 11) is -3.71. The van der Waals surface area contributed by atoms with Crippen LogP contribution in [0.1, 0.15) is 24.0 Å². The Hall–Kier alpha value is -2.58. The lowest BCUT2D eigenvalue weighted by atomic mass is 10.2. The third kappa shape index (κ3) is 5.95. The summed E-state index contributed by atoms with van der Waals surface area (Å²) in [5, 5.41) is 2.79. The van der Waals surface area contributed by atoms with E-state index in [9.17, 15) is 13.2 Å². The molecule has 2 aromatic rings. The average Bonchev–Trinajstić information content (AvgIpc) is 3.20. The third-order valence-electron chi connectivity index (χ3n) is 4.67. The predicted molar refractivity (Wildman–Crippen MR) is 111 cm³/mol. The number of ether oxygens (including phenoxy) is 2. The molecule has 3 rings (SSSR count). The van der Waals surface area contributed by atoms with E-state index in [0.717, 1.165) is 25.0 Å². The number of benzene rings is 2. The Morgan fingerprint density at radius 1 is 1.17 bits per heavy atom. The SMILES string of the molecule is Cc1ccc(NS(=O)(=O)c2ccc(OCC(=O)NC[C@H]3CCCO3)c(C)c2)cc1. The van der Waals surface area contributed by atoms with Crippen molar-refractivity contribution in [2.45, 2.75) is 37.7 Å². The van der Waals surface area contributed by atoms with Crippen molar-refractivity contribution in [3.8, 4) is 5.75 Å². The first-order valence-corrected chi connectivity index (χ1v) is 11.0. The fraction of sp³-hybridized carbons (Fsp3) is 0.381. The second-order valence-electron chi connectivity index (χ2n) is 7.13. The molecule has 1 aliphatic heterocycles. The van der Waals surface area contributed by atoms with Crippen LogP contribution in [0.4, 0.5) is 5.69 Å². The van der Waals surface area contributed by atoms with Gasteiger partial charge in [-0.2, -0.15) is 0 Å². The molecule has 0 unspecified atom stereocenters. The Bertz CT molecular complexity index is 952. The van der Waals surface area contributed by atoms with Gasteiger partial charge >= 0.3 is 0 Å². The van der Waals surface area contributed by atoms with Crippen LogP contribution in [-0.2, 0) is 19.6 Å². The summed E-state index contributed by atoms with van der Waals surface area (Å²) in [4.78, 5) is 12.1. The van der Waals surface area contributed by atoms with Crippen LogP contribution in [0.15, 0.2) is 47.4 Å². The number of sulfonamides is 1. The first-order chi connectivity index (χ1) is 13.8. The quantitative estimate of drug-likeness (QED) is 0.688. The molecule has 2 aromatic carbocycles. The fourth-order valence-corrected chi connectivity index (χ4v) is 4.16. The second-order valence-corrected chi connectivity index (χ2v) is 8.81. The van der Waals surface area contributed by atoms with Crippen LogP contribution in [0.2, 0.25) is 0 Å². The van der Waals surface area contributed by atoms with E-state index >= 15 is 0 Å². The summed E-state index contributed by atoms with van der Waals surface area (Å²) in [6.07, 6.45) is 2.04. The zero-order valence-electron chi connectivity index (χ0n) is 16.6. The van der Waals surface area contributed by atoms with Gasteiger partial charge in [0.05, 0.1) is 11.0 Å². The van der Waals surface area contributed by atoms with E-state index in [4.69, 9.17) is 9.47 Å². The molecule has 156 valence electrons. The highest BCUT2D eigenvalue weighted by Gasteiger charge is 2.18. The topological polar surface area (TPSA) is 93.7 Å². The van der Waals surface area contributed by atoms with Gasteiger partial charge in [-0.1, -0.05) is 17.7 Å². The Morgan fingerprint density at radius 3 is 2.59 bits per heavy atom. The molecule has 0 radical (unpaired) electrons. The van der Waals surface area contributed by atoms with Crippen molar-refractivity contribution in [3.05, 3.63) is 53.6 Å². The van der Waals surface area contributed by atoms with Crippen molar-refractivity contribution in [1.29, 1.82) is 0 Å². The maximum atomic E-state index is 12.6. The number of nitrogens with one attached hydrogen (secondary N) is 2. The molecule has 1 fully saturated rings. The van der Waals surface area contributed by atoms with Crippen molar-refractivity contribution in [1.82, 2.24) is 5.32 Å². The monoisotopic (exact) mass is 418 g/mol. The molecule has 1 heterocycles. The van der Waals surface area contributed by atoms with Gasteiger partial charge in [0.1, 0.15) is 5.75 Å². The zero-order valence-corrected chi connectivity index (χ0v) is 17.4. The van der Waals surface area contributed by atoms with Gasteiger partial charge < -0.3 is 14.8 Å². The highest BCUT2D eigenvalue weighted by Crippen LogP contribution is 2.23. The minimum absolute atomic E-state index is 0.0752. The second kappa shape index (κ2) is 9.28. The van der Waals surface area contributed by atoms with Crippen LogP contribution in [-0.4, -0.2) is 40.2 Å². The standard InChI is InChI=1S/C21H26N2O5S/c1-15-5-7-17(8-6-15)23-29(25,26)19-9-10-20(16(2)12-19)28-14-21(24)22-13-18-4-3-11-27-18/h5-10,12,18,23H,3-4,11,13-14H2,1-2H3,(H,22,24)/t18-/m1/s1. The molecule has 0 aromatic heterocycles. The van der Waals surface area contributed by atoms with Crippen LogP contribution < -0.4 is 14.8 Å². The van der Waals surface area contributed by atoms with Crippen LogP contribution in [0.25, 0.3) is 0 Å². The minimum atomic E-state index is -3.71. The molecule has 0 aliphatic carbocycles. The molecular weight excluding hydrogens is 392 g/mol. The predicted octanol–water partition coefficient (Wildman–Crippen LogP) is 2.78. The lowest BCUT2D eigenvalue weighted by Crippen LogP contribution is -2.35. The molecule has 2 N–H and O–H groups in total. The van der Waals surface area contributed by atoms with Crippen LogP contribution >= 0.6 is 0 Å². The smallest absolute Gasteiger partial charge is 0.261 e. The molecule has 1 amide bonds. The van der Waals surface area contributed by atoms with Crippen LogP contribution in [0.3, 0.4) is 0 Å². The van der Waals surface area contributed by atoms with Crippen molar-refractivity contribution < 1.29 is 22.7 Å². The van der Waals surface area contributed by atoms with Gasteiger partial charge in [0.15, 0.2) is 6.61 Å². The van der Waals surface area contributed by atoms with E-state index in [1.54, 1.807) is 25.1 Å². The van der Waals surface area contributed by atoms with Gasteiger partial charge in [0.25, 0.3) is 15.9 Å². The van der Waals surface area contributed by atoms with Crippen LogP contribution in [0, 0.1) is 13.8 Å². The normalized spacial score (nSPS) is 16.4. The minimum Gasteiger partial charge on any atom is -0.484 e. The van der Waals surface area contributed by atoms with E-state index in [0.29, 0.717) is 23.5 Å². The molecule has 8 heteroatoms. The van der Waals surface area contributed by atoms with Gasteiger partial charge in [-0.3, -0.25) is 9.52 Å². The summed E-state index contributed by atoms with van der Waals surface area (Å²) in [6.45, 7) is 4.75. The number of amides is 1. The largest absolute Gasteiger partial charge is 0.484 e. The molecule has 7 nitrogen and oxygen atoms in total. The number of aryl methyl sites for hydroxylation is 2. The van der Waals surface area contributed by atoms with E-state index < -0.39 is 10.0 Å². The molecule has 29 heavy (non-hydrogen) atoms. The number of hydrogen-bond acceptors (Lipinski definition) is 5. The highest BCUT2D eigenvalue weighted by atomic mass is 32.2. The third-order valence-corrected chi connectivity index (χ3v) is 6.05. The lowest BCUT2D eigenvalue weighted by molar-refractivity contribution is -0.123. The van der Waals surface area contributed by atoms with Crippen LogP contribution in [0.5, 0.6) is 5.75 Å². The van der Waals surface area contributed by atoms with Crippen molar-refractivity contribution in [2.75, 3.05) is 24.5 Å². The lowest BCUT2D eigenvalue weighted by Gasteiger charge is -2.13. The van der Waals surface area contributed by atoms with E-state index in [1.165, 1.54) is 12.1 Å². The van der Waals surface area contributed by atoms with Gasteiger partial charge in [0, 0.05) is 18.8 Å². The molecule has 0 saturated carbocycles. The van der Waals surface area contributed by atoms with Gasteiger partial charge in [-0.25, -0.2) is 8.42 Å². The number of anilines is 1. The Kier molecular flexibility index (Phi) is 6.76. The summed E-state index contributed by atoms with van der Waals surface area (Å²) >= 11 is 0. The van der Waals surface area contributed by atoms with Gasteiger partial charge in [0.2, 0.25) is 0 Å². The number of carbonyl (C=O) groups is 1. The molecule has 0 spiro atoms. The zero-order chi connectivity index (χ0) is 20.9. The summed E-state index contributed by atoms with van der Waals surface area (Å²) in [5.41, 5.74) is 2.17. The summed E-state index contributed by atoms with van der Waals surface area (Å²) < 4.78 is 38.8. The highest BCUT2D eigenvalue weighted by molar-refractivity contribution is 7.92. The maximum Gasteiger partial charge on any atom is 0.261 e. The molecule has 1 aliphatic rings. The molecule has 1 saturated heterocycles. The Labute approximate surface area is 171 Å². The first-order valence-electron chi connectivity index (χ1n) is 9.55. The average molecular weight is 419 g/mol. The van der Waals surface area contributed by atoms with Crippen molar-refractivity contribution >= 4 is 21.6 Å². The van der Waals surface area contributed by atoms with Gasteiger partial charge in [-0.05, 0) is 62.6 Å². The number of carbonyl (C=O) groups excluding carboxylic acids is 1. The van der Waals surface area contributed by atoms with Crippen molar-refractivity contribution in [3.63, 3.8) is 0 Å². The Morgan fingerprint density at radius 2 is 1.93 bits per heavy atom. The fourth-order valence-electron chi connectivity index (χ4n) is 3.01. The summed E-state index contributed by atoms with van der Waals surface area (Å²) in [5.74, 6) is 0.226. The summed E-state index contributed by atoms with van der Waals surface area (Å²) in [6, 6.07) is 11.7. The van der Waals surface area contributed by atoms with E-state index in [2.05, 4.69) is 10.0 Å².